The van der Waals surface area contributed by atoms with E-state index in [0.29, 0.717) is 35.3 Å². The van der Waals surface area contributed by atoms with Crippen molar-refractivity contribution in [3.05, 3.63) is 11.4 Å². The van der Waals surface area contributed by atoms with Crippen LogP contribution in [0.5, 0.6) is 0 Å². The van der Waals surface area contributed by atoms with E-state index in [1.165, 1.54) is 0 Å². The molecule has 1 aromatic heterocycles. The maximum Gasteiger partial charge on any atom is 0.244 e. The van der Waals surface area contributed by atoms with E-state index in [9.17, 15) is 8.42 Å². The van der Waals surface area contributed by atoms with E-state index in [-0.39, 0.29) is 0 Å². The first-order valence-corrected chi connectivity index (χ1v) is 9.03. The summed E-state index contributed by atoms with van der Waals surface area (Å²) in [7, 11) is -1.63. The molecule has 0 unspecified atom stereocenters. The van der Waals surface area contributed by atoms with Gasteiger partial charge in [-0.2, -0.15) is 5.10 Å². The summed E-state index contributed by atoms with van der Waals surface area (Å²) < 4.78 is 29.5. The number of aryl methyl sites for hydroxylation is 1. The van der Waals surface area contributed by atoms with Crippen molar-refractivity contribution in [1.29, 1.82) is 0 Å². The highest BCUT2D eigenvalue weighted by molar-refractivity contribution is 7.89. The Morgan fingerprint density at radius 1 is 1.24 bits per heavy atom. The van der Waals surface area contributed by atoms with E-state index >= 15 is 0 Å². The Balaban J connectivity index is 2.95. The van der Waals surface area contributed by atoms with Gasteiger partial charge in [0, 0.05) is 13.1 Å². The average molecular weight is 316 g/mol. The molecule has 0 fully saturated rings. The molecule has 0 saturated heterocycles. The molecule has 0 saturated carbocycles. The van der Waals surface area contributed by atoms with Crippen LogP contribution in [0, 0.1) is 19.8 Å². The van der Waals surface area contributed by atoms with Crippen LogP contribution in [0.25, 0.3) is 0 Å². The zero-order valence-electron chi connectivity index (χ0n) is 13.7. The number of aromatic nitrogens is 2. The van der Waals surface area contributed by atoms with Gasteiger partial charge in [0.1, 0.15) is 4.90 Å². The lowest BCUT2D eigenvalue weighted by Crippen LogP contribution is -2.30. The van der Waals surface area contributed by atoms with Gasteiger partial charge < -0.3 is 5.32 Å². The SMILES string of the molecule is CCC(CC)CNS(=O)(=O)c1c(C)nn(CCNC)c1C. The third kappa shape index (κ3) is 4.52. The molecule has 7 heteroatoms. The zero-order chi connectivity index (χ0) is 16.0. The Bertz CT molecular complexity index is 548. The zero-order valence-corrected chi connectivity index (χ0v) is 14.5. The molecule has 2 N–H and O–H groups in total. The third-order valence-corrected chi connectivity index (χ3v) is 5.55. The highest BCUT2D eigenvalue weighted by Gasteiger charge is 2.24. The van der Waals surface area contributed by atoms with Crippen molar-refractivity contribution in [3.63, 3.8) is 0 Å². The molecule has 0 atom stereocenters. The van der Waals surface area contributed by atoms with E-state index in [1.54, 1.807) is 18.5 Å². The topological polar surface area (TPSA) is 76.0 Å². The van der Waals surface area contributed by atoms with Crippen molar-refractivity contribution in [3.8, 4) is 0 Å². The summed E-state index contributed by atoms with van der Waals surface area (Å²) in [5, 5.41) is 7.38. The van der Waals surface area contributed by atoms with E-state index in [0.717, 1.165) is 19.4 Å². The molecule has 1 aromatic rings. The lowest BCUT2D eigenvalue weighted by Gasteiger charge is -2.14. The van der Waals surface area contributed by atoms with Crippen molar-refractivity contribution >= 4 is 10.0 Å². The molecule has 0 aromatic carbocycles. The molecule has 21 heavy (non-hydrogen) atoms. The second-order valence-electron chi connectivity index (χ2n) is 5.36. The van der Waals surface area contributed by atoms with Gasteiger partial charge in [-0.15, -0.1) is 0 Å². The van der Waals surface area contributed by atoms with Crippen LogP contribution in [0.4, 0.5) is 0 Å². The Hall–Kier alpha value is -0.920. The fourth-order valence-corrected chi connectivity index (χ4v) is 3.91. The minimum Gasteiger partial charge on any atom is -0.318 e. The summed E-state index contributed by atoms with van der Waals surface area (Å²) in [6, 6.07) is 0. The van der Waals surface area contributed by atoms with E-state index < -0.39 is 10.0 Å². The first kappa shape index (κ1) is 18.1. The van der Waals surface area contributed by atoms with Crippen LogP contribution in [0.15, 0.2) is 4.90 Å². The summed E-state index contributed by atoms with van der Waals surface area (Å²) in [4.78, 5) is 0.324. The van der Waals surface area contributed by atoms with Crippen molar-refractivity contribution in [2.45, 2.75) is 52.0 Å². The number of hydrogen-bond donors (Lipinski definition) is 2. The van der Waals surface area contributed by atoms with Gasteiger partial charge in [-0.3, -0.25) is 4.68 Å². The lowest BCUT2D eigenvalue weighted by atomic mass is 10.0. The predicted octanol–water partition coefficient (Wildman–Crippen LogP) is 1.43. The Labute approximate surface area is 128 Å². The Kier molecular flexibility index (Phi) is 6.83. The number of hydrogen-bond acceptors (Lipinski definition) is 4. The van der Waals surface area contributed by atoms with Crippen molar-refractivity contribution in [2.75, 3.05) is 20.1 Å². The summed E-state index contributed by atoms with van der Waals surface area (Å²) in [5.41, 5.74) is 1.25. The van der Waals surface area contributed by atoms with Crippen molar-refractivity contribution < 1.29 is 8.42 Å². The molecule has 1 rings (SSSR count). The van der Waals surface area contributed by atoms with Gasteiger partial charge in [0.05, 0.1) is 17.9 Å². The molecular weight excluding hydrogens is 288 g/mol. The largest absolute Gasteiger partial charge is 0.318 e. The van der Waals surface area contributed by atoms with E-state index in [1.807, 2.05) is 7.05 Å². The monoisotopic (exact) mass is 316 g/mol. The van der Waals surface area contributed by atoms with Crippen LogP contribution in [0.1, 0.15) is 38.1 Å². The van der Waals surface area contributed by atoms with Gasteiger partial charge in [-0.05, 0) is 26.8 Å². The number of rotatable bonds is 9. The molecule has 1 heterocycles. The fraction of sp³-hybridized carbons (Fsp3) is 0.786. The molecule has 6 nitrogen and oxygen atoms in total. The molecule has 0 aliphatic rings. The summed E-state index contributed by atoms with van der Waals surface area (Å²) >= 11 is 0. The normalized spacial score (nSPS) is 12.3. The van der Waals surface area contributed by atoms with Crippen LogP contribution in [-0.2, 0) is 16.6 Å². The molecule has 0 aliphatic heterocycles. The van der Waals surface area contributed by atoms with Gasteiger partial charge >= 0.3 is 0 Å². The van der Waals surface area contributed by atoms with Crippen LogP contribution in [-0.4, -0.2) is 38.3 Å². The van der Waals surface area contributed by atoms with Gasteiger partial charge in [0.25, 0.3) is 0 Å². The first-order valence-electron chi connectivity index (χ1n) is 7.55. The minimum absolute atomic E-state index is 0.324. The smallest absolute Gasteiger partial charge is 0.244 e. The maximum atomic E-state index is 12.5. The second kappa shape index (κ2) is 7.91. The molecule has 0 radical (unpaired) electrons. The predicted molar refractivity (Wildman–Crippen MR) is 84.9 cm³/mol. The second-order valence-corrected chi connectivity index (χ2v) is 7.06. The van der Waals surface area contributed by atoms with E-state index in [2.05, 4.69) is 29.0 Å². The maximum absolute atomic E-state index is 12.5. The van der Waals surface area contributed by atoms with Gasteiger partial charge in [0.15, 0.2) is 0 Å². The van der Waals surface area contributed by atoms with Crippen molar-refractivity contribution in [2.24, 2.45) is 5.92 Å². The number of nitrogens with zero attached hydrogens (tertiary/aromatic N) is 2. The summed E-state index contributed by atoms with van der Waals surface area (Å²) in [6.45, 7) is 9.60. The fourth-order valence-electron chi connectivity index (χ4n) is 2.38. The Morgan fingerprint density at radius 2 is 1.86 bits per heavy atom. The average Bonchev–Trinajstić information content (AvgIpc) is 2.72. The summed E-state index contributed by atoms with van der Waals surface area (Å²) in [6.07, 6.45) is 1.94. The van der Waals surface area contributed by atoms with Gasteiger partial charge in [0.2, 0.25) is 10.0 Å². The molecule has 0 aliphatic carbocycles. The van der Waals surface area contributed by atoms with Crippen molar-refractivity contribution in [1.82, 2.24) is 19.8 Å². The number of likely N-dealkylation sites (N-methyl/N-ethyl adjacent to an activating group) is 1. The molecule has 0 amide bonds. The van der Waals surface area contributed by atoms with Gasteiger partial charge in [-0.1, -0.05) is 26.7 Å². The molecule has 122 valence electrons. The van der Waals surface area contributed by atoms with Crippen LogP contribution < -0.4 is 10.0 Å². The highest BCUT2D eigenvalue weighted by atomic mass is 32.2. The van der Waals surface area contributed by atoms with Gasteiger partial charge in [-0.25, -0.2) is 13.1 Å². The molecule has 0 spiro atoms. The minimum atomic E-state index is -3.49. The lowest BCUT2D eigenvalue weighted by molar-refractivity contribution is 0.478. The molecule has 0 bridgehead atoms. The number of sulfonamides is 1. The highest BCUT2D eigenvalue weighted by Crippen LogP contribution is 2.19. The number of nitrogens with one attached hydrogen (secondary N) is 2. The first-order chi connectivity index (χ1) is 9.87. The van der Waals surface area contributed by atoms with Crippen LogP contribution in [0.3, 0.4) is 0 Å². The quantitative estimate of drug-likeness (QED) is 0.723. The Morgan fingerprint density at radius 3 is 2.38 bits per heavy atom. The molecular formula is C14H28N4O2S. The summed E-state index contributed by atoms with van der Waals surface area (Å²) in [5.74, 6) is 0.375. The van der Waals surface area contributed by atoms with Crippen LogP contribution >= 0.6 is 0 Å². The van der Waals surface area contributed by atoms with E-state index in [4.69, 9.17) is 0 Å². The van der Waals surface area contributed by atoms with Crippen LogP contribution in [0.2, 0.25) is 0 Å². The third-order valence-electron chi connectivity index (χ3n) is 3.87. The standard InChI is InChI=1S/C14H28N4O2S/c1-6-13(7-2)10-16-21(19,20)14-11(3)17-18(12(14)4)9-8-15-5/h13,15-16H,6-10H2,1-5H3.